The highest BCUT2D eigenvalue weighted by molar-refractivity contribution is 5.61. The van der Waals surface area contributed by atoms with Crippen LogP contribution in [0.1, 0.15) is 37.8 Å². The topological polar surface area (TPSA) is 56.9 Å². The van der Waals surface area contributed by atoms with Gasteiger partial charge in [0, 0.05) is 17.3 Å². The van der Waals surface area contributed by atoms with Gasteiger partial charge in [-0.05, 0) is 50.5 Å². The van der Waals surface area contributed by atoms with Crippen molar-refractivity contribution in [2.45, 2.75) is 37.7 Å². The number of nitrogens with zero attached hydrogens (tertiary/aromatic N) is 2. The number of hydrogen-bond acceptors (Lipinski definition) is 3. The molecule has 4 heteroatoms. The second kappa shape index (κ2) is 4.89. The van der Waals surface area contributed by atoms with Crippen LogP contribution in [0, 0.1) is 17.1 Å². The van der Waals surface area contributed by atoms with E-state index < -0.39 is 11.0 Å². The van der Waals surface area contributed by atoms with Crippen LogP contribution in [0.2, 0.25) is 0 Å². The van der Waals surface area contributed by atoms with E-state index in [2.05, 4.69) is 11.1 Å². The molecular formula is C18H17FN2O. The average Bonchev–Trinajstić information content (AvgIpc) is 3.27. The predicted octanol–water partition coefficient (Wildman–Crippen LogP) is 3.67. The molecule has 3 nitrogen and oxygen atoms in total. The summed E-state index contributed by atoms with van der Waals surface area (Å²) < 4.78 is 14.4. The molecule has 1 aliphatic rings. The molecule has 2 aromatic rings. The van der Waals surface area contributed by atoms with E-state index in [1.54, 1.807) is 44.3 Å². The highest BCUT2D eigenvalue weighted by Crippen LogP contribution is 2.48. The Balaban J connectivity index is 1.94. The van der Waals surface area contributed by atoms with Gasteiger partial charge in [0.1, 0.15) is 5.82 Å². The van der Waals surface area contributed by atoms with Crippen molar-refractivity contribution in [1.82, 2.24) is 4.98 Å². The summed E-state index contributed by atoms with van der Waals surface area (Å²) in [4.78, 5) is 4.24. The van der Waals surface area contributed by atoms with Crippen molar-refractivity contribution in [2.75, 3.05) is 0 Å². The molecule has 3 rings (SSSR count). The third-order valence-electron chi connectivity index (χ3n) is 4.23. The minimum absolute atomic E-state index is 0.373. The molecule has 0 radical (unpaired) electrons. The van der Waals surface area contributed by atoms with Crippen molar-refractivity contribution in [3.8, 4) is 17.3 Å². The van der Waals surface area contributed by atoms with Crippen molar-refractivity contribution in [1.29, 1.82) is 5.26 Å². The lowest BCUT2D eigenvalue weighted by atomic mass is 9.95. The Hall–Kier alpha value is -2.25. The molecule has 1 aromatic carbocycles. The molecule has 1 N–H and O–H groups in total. The summed E-state index contributed by atoms with van der Waals surface area (Å²) in [6.07, 6.45) is 3.14. The number of halogens is 1. The first-order valence-corrected chi connectivity index (χ1v) is 7.26. The standard InChI is InChI=1S/C18H17FN2O/c1-17(2,22)13-4-6-16(21-10-13)14-5-3-12(9-15(14)19)18(11-20)7-8-18/h3-6,9-10,22H,7-8H2,1-2H3. The third kappa shape index (κ3) is 2.49. The van der Waals surface area contributed by atoms with E-state index in [0.717, 1.165) is 18.4 Å². The number of aromatic nitrogens is 1. The van der Waals surface area contributed by atoms with Gasteiger partial charge in [0.05, 0.1) is 22.8 Å². The van der Waals surface area contributed by atoms with Gasteiger partial charge in [0.25, 0.3) is 0 Å². The lowest BCUT2D eigenvalue weighted by Crippen LogP contribution is -2.15. The maximum absolute atomic E-state index is 14.4. The Kier molecular flexibility index (Phi) is 3.26. The monoisotopic (exact) mass is 296 g/mol. The number of rotatable bonds is 3. The maximum Gasteiger partial charge on any atom is 0.132 e. The lowest BCUT2D eigenvalue weighted by Gasteiger charge is -2.17. The van der Waals surface area contributed by atoms with Gasteiger partial charge in [-0.15, -0.1) is 0 Å². The summed E-state index contributed by atoms with van der Waals surface area (Å²) in [5.74, 6) is -0.373. The van der Waals surface area contributed by atoms with E-state index >= 15 is 0 Å². The number of hydrogen-bond donors (Lipinski definition) is 1. The van der Waals surface area contributed by atoms with Crippen LogP contribution in [0.5, 0.6) is 0 Å². The Morgan fingerprint density at radius 3 is 2.45 bits per heavy atom. The van der Waals surface area contributed by atoms with Crippen LogP contribution in [-0.4, -0.2) is 10.1 Å². The molecule has 1 aliphatic carbocycles. The van der Waals surface area contributed by atoms with Gasteiger partial charge in [0.15, 0.2) is 0 Å². The van der Waals surface area contributed by atoms with Crippen LogP contribution in [-0.2, 0) is 11.0 Å². The van der Waals surface area contributed by atoms with Gasteiger partial charge in [0.2, 0.25) is 0 Å². The summed E-state index contributed by atoms with van der Waals surface area (Å²) >= 11 is 0. The SMILES string of the molecule is CC(C)(O)c1ccc(-c2ccc(C3(C#N)CC3)cc2F)nc1. The summed E-state index contributed by atoms with van der Waals surface area (Å²) in [5, 5.41) is 19.1. The molecule has 1 aromatic heterocycles. The molecule has 112 valence electrons. The fraction of sp³-hybridized carbons (Fsp3) is 0.333. The van der Waals surface area contributed by atoms with Gasteiger partial charge < -0.3 is 5.11 Å². The van der Waals surface area contributed by atoms with Gasteiger partial charge >= 0.3 is 0 Å². The fourth-order valence-electron chi connectivity index (χ4n) is 2.53. The number of benzene rings is 1. The minimum Gasteiger partial charge on any atom is -0.386 e. The van der Waals surface area contributed by atoms with Crippen LogP contribution in [0.25, 0.3) is 11.3 Å². The van der Waals surface area contributed by atoms with Crippen molar-refractivity contribution < 1.29 is 9.50 Å². The van der Waals surface area contributed by atoms with Gasteiger partial charge in [-0.2, -0.15) is 5.26 Å². The second-order valence-electron chi connectivity index (χ2n) is 6.38. The first-order valence-electron chi connectivity index (χ1n) is 7.26. The van der Waals surface area contributed by atoms with Crippen LogP contribution in [0.15, 0.2) is 36.5 Å². The Morgan fingerprint density at radius 1 is 1.27 bits per heavy atom. The van der Waals surface area contributed by atoms with E-state index in [1.807, 2.05) is 0 Å². The molecule has 0 bridgehead atoms. The normalized spacial score (nSPS) is 16.1. The Labute approximate surface area is 129 Å². The molecule has 22 heavy (non-hydrogen) atoms. The van der Waals surface area contributed by atoms with E-state index in [4.69, 9.17) is 0 Å². The second-order valence-corrected chi connectivity index (χ2v) is 6.38. The molecule has 0 saturated heterocycles. The van der Waals surface area contributed by atoms with Crippen molar-refractivity contribution in [3.05, 3.63) is 53.5 Å². The zero-order valence-corrected chi connectivity index (χ0v) is 12.6. The zero-order chi connectivity index (χ0) is 16.0. The molecule has 0 atom stereocenters. The van der Waals surface area contributed by atoms with Crippen molar-refractivity contribution in [2.24, 2.45) is 0 Å². The summed E-state index contributed by atoms with van der Waals surface area (Å²) in [6, 6.07) is 10.6. The molecule has 1 heterocycles. The molecule has 0 aliphatic heterocycles. The van der Waals surface area contributed by atoms with E-state index in [0.29, 0.717) is 16.8 Å². The van der Waals surface area contributed by atoms with Crippen LogP contribution in [0.4, 0.5) is 4.39 Å². The highest BCUT2D eigenvalue weighted by Gasteiger charge is 2.45. The molecule has 0 unspecified atom stereocenters. The Morgan fingerprint density at radius 2 is 2.00 bits per heavy atom. The van der Waals surface area contributed by atoms with Crippen LogP contribution < -0.4 is 0 Å². The minimum atomic E-state index is -0.973. The Bertz CT molecular complexity index is 750. The zero-order valence-electron chi connectivity index (χ0n) is 12.6. The van der Waals surface area contributed by atoms with E-state index in [-0.39, 0.29) is 5.82 Å². The number of nitriles is 1. The van der Waals surface area contributed by atoms with Gasteiger partial charge in [-0.1, -0.05) is 12.1 Å². The molecular weight excluding hydrogens is 279 g/mol. The van der Waals surface area contributed by atoms with E-state index in [1.165, 1.54) is 6.07 Å². The maximum atomic E-state index is 14.4. The van der Waals surface area contributed by atoms with Crippen molar-refractivity contribution >= 4 is 0 Å². The average molecular weight is 296 g/mol. The molecule has 0 spiro atoms. The lowest BCUT2D eigenvalue weighted by molar-refractivity contribution is 0.0782. The smallest absolute Gasteiger partial charge is 0.132 e. The number of pyridine rings is 1. The molecule has 1 fully saturated rings. The first-order chi connectivity index (χ1) is 10.4. The van der Waals surface area contributed by atoms with Crippen LogP contribution >= 0.6 is 0 Å². The summed E-state index contributed by atoms with van der Waals surface area (Å²) in [7, 11) is 0. The first kappa shape index (κ1) is 14.7. The van der Waals surface area contributed by atoms with Gasteiger partial charge in [-0.3, -0.25) is 4.98 Å². The van der Waals surface area contributed by atoms with Gasteiger partial charge in [-0.25, -0.2) is 4.39 Å². The summed E-state index contributed by atoms with van der Waals surface area (Å²) in [6.45, 7) is 3.35. The highest BCUT2D eigenvalue weighted by atomic mass is 19.1. The summed E-state index contributed by atoms with van der Waals surface area (Å²) in [5.41, 5.74) is 0.870. The predicted molar refractivity (Wildman–Crippen MR) is 81.4 cm³/mol. The molecule has 0 amide bonds. The van der Waals surface area contributed by atoms with E-state index in [9.17, 15) is 14.8 Å². The fourth-order valence-corrected chi connectivity index (χ4v) is 2.53. The van der Waals surface area contributed by atoms with Crippen LogP contribution in [0.3, 0.4) is 0 Å². The quantitative estimate of drug-likeness (QED) is 0.940. The number of aliphatic hydroxyl groups is 1. The van der Waals surface area contributed by atoms with Crippen molar-refractivity contribution in [3.63, 3.8) is 0 Å². The largest absolute Gasteiger partial charge is 0.386 e. The molecule has 1 saturated carbocycles. The third-order valence-corrected chi connectivity index (χ3v) is 4.23.